The first kappa shape index (κ1) is 18.6. The van der Waals surface area contributed by atoms with E-state index < -0.39 is 7.26 Å². The summed E-state index contributed by atoms with van der Waals surface area (Å²) in [6.45, 7) is 0. The zero-order valence-electron chi connectivity index (χ0n) is 14.4. The van der Waals surface area contributed by atoms with Crippen LogP contribution in [-0.4, -0.2) is 0 Å². The zero-order valence-corrected chi connectivity index (χ0v) is 17.0. The Morgan fingerprint density at radius 3 is 0.692 bits per heavy atom. The van der Waals surface area contributed by atoms with Crippen molar-refractivity contribution in [2.45, 2.75) is 0 Å². The van der Waals surface area contributed by atoms with E-state index >= 15 is 0 Å². The van der Waals surface area contributed by atoms with Crippen LogP contribution in [0.1, 0.15) is 0 Å². The first-order valence-corrected chi connectivity index (χ1v) is 10.3. The summed E-state index contributed by atoms with van der Waals surface area (Å²) in [6.07, 6.45) is 0. The summed E-state index contributed by atoms with van der Waals surface area (Å²) >= 11 is 0. The number of hydrogen-bond donors (Lipinski definition) is 0. The normalized spacial score (nSPS) is 10.8. The molecule has 0 aliphatic heterocycles. The van der Waals surface area contributed by atoms with E-state index in [1.807, 2.05) is 0 Å². The summed E-state index contributed by atoms with van der Waals surface area (Å²) in [5.41, 5.74) is 0. The molecule has 4 aromatic carbocycles. The van der Waals surface area contributed by atoms with Crippen molar-refractivity contribution >= 4 is 45.5 Å². The monoisotopic (exact) mass is 419 g/mol. The average molecular weight is 420 g/mol. The van der Waals surface area contributed by atoms with E-state index in [0.717, 1.165) is 0 Å². The molecule has 4 aromatic rings. The van der Waals surface area contributed by atoms with Gasteiger partial charge in [0.25, 0.3) is 0 Å². The van der Waals surface area contributed by atoms with Crippen LogP contribution in [0, 0.1) is 0 Å². The van der Waals surface area contributed by atoms with Gasteiger partial charge in [-0.25, -0.2) is 0 Å². The van der Waals surface area contributed by atoms with Crippen LogP contribution in [0.2, 0.25) is 0 Å². The number of halogens is 1. The van der Waals surface area contributed by atoms with Crippen LogP contribution < -0.4 is 21.2 Å². The fourth-order valence-corrected chi connectivity index (χ4v) is 7.77. The maximum Gasteiger partial charge on any atom is 0.144 e. The number of rotatable bonds is 4. The molecule has 2 heteroatoms. The van der Waals surface area contributed by atoms with Gasteiger partial charge in [0.2, 0.25) is 0 Å². The summed E-state index contributed by atoms with van der Waals surface area (Å²) in [6, 6.07) is 43.8. The highest BCUT2D eigenvalue weighted by molar-refractivity contribution is 8.93. The molecule has 0 saturated heterocycles. The van der Waals surface area contributed by atoms with Gasteiger partial charge in [0.15, 0.2) is 0 Å². The maximum absolute atomic E-state index is 2.28. The van der Waals surface area contributed by atoms with Gasteiger partial charge >= 0.3 is 0 Å². The summed E-state index contributed by atoms with van der Waals surface area (Å²) < 4.78 is 0. The molecular formula is C24H21BrP+. The first-order valence-electron chi connectivity index (χ1n) is 8.54. The largest absolute Gasteiger partial charge is 0.144 e. The van der Waals surface area contributed by atoms with Gasteiger partial charge in [-0.05, 0) is 48.5 Å². The zero-order chi connectivity index (χ0) is 17.0. The molecule has 0 aliphatic rings. The van der Waals surface area contributed by atoms with Crippen LogP contribution in [0.5, 0.6) is 0 Å². The molecule has 0 nitrogen and oxygen atoms in total. The topological polar surface area (TPSA) is 0 Å². The Labute approximate surface area is 166 Å². The second-order valence-corrected chi connectivity index (χ2v) is 9.42. The molecule has 0 bridgehead atoms. The van der Waals surface area contributed by atoms with Gasteiger partial charge in [-0.1, -0.05) is 72.8 Å². The molecule has 0 radical (unpaired) electrons. The van der Waals surface area contributed by atoms with Crippen molar-refractivity contribution in [2.75, 3.05) is 0 Å². The van der Waals surface area contributed by atoms with Crippen LogP contribution >= 0.6 is 24.2 Å². The minimum absolute atomic E-state index is 0. The van der Waals surface area contributed by atoms with Crippen molar-refractivity contribution in [3.05, 3.63) is 121 Å². The van der Waals surface area contributed by atoms with Crippen LogP contribution in [0.25, 0.3) is 0 Å². The van der Waals surface area contributed by atoms with Crippen molar-refractivity contribution in [3.63, 3.8) is 0 Å². The van der Waals surface area contributed by atoms with E-state index in [2.05, 4.69) is 121 Å². The van der Waals surface area contributed by atoms with Gasteiger partial charge in [0, 0.05) is 0 Å². The van der Waals surface area contributed by atoms with Gasteiger partial charge in [-0.15, -0.1) is 17.0 Å². The Morgan fingerprint density at radius 2 is 0.500 bits per heavy atom. The fourth-order valence-electron chi connectivity index (χ4n) is 3.50. The van der Waals surface area contributed by atoms with Gasteiger partial charge < -0.3 is 0 Å². The summed E-state index contributed by atoms with van der Waals surface area (Å²) in [7, 11) is -1.91. The van der Waals surface area contributed by atoms with E-state index in [1.54, 1.807) is 0 Å². The third kappa shape index (κ3) is 3.26. The fraction of sp³-hybridized carbons (Fsp3) is 0. The molecule has 0 heterocycles. The predicted octanol–water partition coefficient (Wildman–Crippen LogP) is 4.88. The Balaban J connectivity index is 0.00000196. The smallest absolute Gasteiger partial charge is 0.114 e. The third-order valence-corrected chi connectivity index (χ3v) is 8.86. The number of hydrogen-bond acceptors (Lipinski definition) is 0. The van der Waals surface area contributed by atoms with Gasteiger partial charge in [-0.2, -0.15) is 0 Å². The molecule has 0 aliphatic carbocycles. The molecule has 0 spiro atoms. The first-order chi connectivity index (χ1) is 12.4. The van der Waals surface area contributed by atoms with Crippen molar-refractivity contribution in [3.8, 4) is 0 Å². The Bertz CT molecular complexity index is 759. The van der Waals surface area contributed by atoms with Gasteiger partial charge in [-0.3, -0.25) is 0 Å². The van der Waals surface area contributed by atoms with Crippen LogP contribution in [0.3, 0.4) is 0 Å². The molecular weight excluding hydrogens is 399 g/mol. The molecule has 128 valence electrons. The molecule has 0 unspecified atom stereocenters. The summed E-state index contributed by atoms with van der Waals surface area (Å²) in [4.78, 5) is 0. The predicted molar refractivity (Wildman–Crippen MR) is 122 cm³/mol. The highest BCUT2D eigenvalue weighted by Crippen LogP contribution is 2.53. The quantitative estimate of drug-likeness (QED) is 0.413. The standard InChI is InChI=1S/C24H20P.BrH/c1-5-13-21(14-6-1)25(22-15-7-2-8-16-22,23-17-9-3-10-18-23)24-19-11-4-12-20-24;/h1-20H;1H/q+1;. The van der Waals surface area contributed by atoms with Crippen molar-refractivity contribution in [1.82, 2.24) is 0 Å². The lowest BCUT2D eigenvalue weighted by atomic mass is 10.3. The minimum Gasteiger partial charge on any atom is -0.114 e. The maximum atomic E-state index is 2.28. The van der Waals surface area contributed by atoms with Crippen LogP contribution in [0.15, 0.2) is 121 Å². The van der Waals surface area contributed by atoms with Gasteiger partial charge in [0.1, 0.15) is 28.5 Å². The third-order valence-electron chi connectivity index (χ3n) is 4.57. The van der Waals surface area contributed by atoms with Crippen molar-refractivity contribution < 1.29 is 0 Å². The van der Waals surface area contributed by atoms with E-state index in [1.165, 1.54) is 21.2 Å². The molecule has 0 saturated carbocycles. The molecule has 0 amide bonds. The molecule has 0 fully saturated rings. The highest BCUT2D eigenvalue weighted by Gasteiger charge is 2.47. The van der Waals surface area contributed by atoms with E-state index in [-0.39, 0.29) is 17.0 Å². The molecule has 26 heavy (non-hydrogen) atoms. The SMILES string of the molecule is Br.c1ccc([P+](c2ccccc2)(c2ccccc2)c2ccccc2)cc1. The highest BCUT2D eigenvalue weighted by atomic mass is 79.9. The molecule has 4 rings (SSSR count). The molecule has 0 N–H and O–H groups in total. The Morgan fingerprint density at radius 1 is 0.308 bits per heavy atom. The molecule has 0 aromatic heterocycles. The van der Waals surface area contributed by atoms with E-state index in [0.29, 0.717) is 0 Å². The van der Waals surface area contributed by atoms with Crippen molar-refractivity contribution in [2.24, 2.45) is 0 Å². The van der Waals surface area contributed by atoms with Gasteiger partial charge in [0.05, 0.1) is 0 Å². The molecule has 0 atom stereocenters. The second kappa shape index (κ2) is 8.45. The second-order valence-electron chi connectivity index (χ2n) is 6.01. The lowest BCUT2D eigenvalue weighted by Crippen LogP contribution is -2.38. The average Bonchev–Trinajstić information content (AvgIpc) is 2.72. The van der Waals surface area contributed by atoms with E-state index in [4.69, 9.17) is 0 Å². The van der Waals surface area contributed by atoms with Crippen LogP contribution in [-0.2, 0) is 0 Å². The lowest BCUT2D eigenvalue weighted by Gasteiger charge is -2.27. The summed E-state index contributed by atoms with van der Waals surface area (Å²) in [5, 5.41) is 5.55. The van der Waals surface area contributed by atoms with Crippen LogP contribution in [0.4, 0.5) is 0 Å². The minimum atomic E-state index is -1.91. The number of benzene rings is 4. The lowest BCUT2D eigenvalue weighted by molar-refractivity contribution is 1.71. The Kier molecular flexibility index (Phi) is 6.04. The van der Waals surface area contributed by atoms with E-state index in [9.17, 15) is 0 Å². The van der Waals surface area contributed by atoms with Crippen molar-refractivity contribution in [1.29, 1.82) is 0 Å². The summed E-state index contributed by atoms with van der Waals surface area (Å²) in [5.74, 6) is 0. The Hall–Kier alpha value is -2.21.